The third-order valence-electron chi connectivity index (χ3n) is 13.1. The Kier molecular flexibility index (Phi) is 46.0. The Balaban J connectivity index is 4.90. The molecule has 0 fully saturated rings. The summed E-state index contributed by atoms with van der Waals surface area (Å²) in [6, 6.07) is 0. The van der Waals surface area contributed by atoms with Crippen molar-refractivity contribution in [2.75, 3.05) is 6.61 Å². The van der Waals surface area contributed by atoms with Crippen LogP contribution < -0.4 is 0 Å². The standard InChI is InChI=1S/C60H110O6/c1-7-10-13-16-19-22-25-28-31-34-37-40-43-46-49-52-56(61)64-55-60(59(4,5)6,65-57(62)53-50-47-44-41-38-35-32-29-26-23-20-17-14-11-8-2)66-58(63)54-51-48-45-42-39-36-33-30-27-24-21-18-15-12-9-3/h28-33H,7-27,34-55H2,1-6H3/b31-28-,32-29-,33-30-. The highest BCUT2D eigenvalue weighted by Gasteiger charge is 2.51. The van der Waals surface area contributed by atoms with Gasteiger partial charge < -0.3 is 14.2 Å². The van der Waals surface area contributed by atoms with Crippen LogP contribution in [0.3, 0.4) is 0 Å². The molecule has 0 aliphatic heterocycles. The molecule has 0 aromatic rings. The number of unbranched alkanes of at least 4 members (excludes halogenated alkanes) is 33. The van der Waals surface area contributed by atoms with Gasteiger partial charge in [0.2, 0.25) is 0 Å². The van der Waals surface area contributed by atoms with Gasteiger partial charge in [0.1, 0.15) is 0 Å². The van der Waals surface area contributed by atoms with Crippen LogP contribution in [0.15, 0.2) is 36.5 Å². The van der Waals surface area contributed by atoms with Crippen LogP contribution in [0, 0.1) is 5.41 Å². The SMILES string of the molecule is CCCCCCCC/C=C\CCCCCCCC(=O)OCC(OC(=O)CCCCCCC/C=C\CCCCCCCC)(OC(=O)CCCCCCC/C=C\CCCCCCCC)C(C)(C)C. The van der Waals surface area contributed by atoms with Gasteiger partial charge in [-0.2, -0.15) is 0 Å². The van der Waals surface area contributed by atoms with Crippen molar-refractivity contribution in [2.45, 2.75) is 317 Å². The first-order chi connectivity index (χ1) is 32.1. The van der Waals surface area contributed by atoms with Gasteiger partial charge in [-0.25, -0.2) is 0 Å². The third kappa shape index (κ3) is 41.8. The smallest absolute Gasteiger partial charge is 0.309 e. The summed E-state index contributed by atoms with van der Waals surface area (Å²) in [5, 5.41) is 0. The van der Waals surface area contributed by atoms with Crippen LogP contribution >= 0.6 is 0 Å². The van der Waals surface area contributed by atoms with Crippen LogP contribution in [0.4, 0.5) is 0 Å². The fourth-order valence-corrected chi connectivity index (χ4v) is 8.34. The molecule has 0 radical (unpaired) electrons. The zero-order valence-corrected chi connectivity index (χ0v) is 44.8. The zero-order valence-electron chi connectivity index (χ0n) is 44.8. The summed E-state index contributed by atoms with van der Waals surface area (Å²) in [6.45, 7) is 12.1. The van der Waals surface area contributed by atoms with E-state index in [0.29, 0.717) is 19.3 Å². The lowest BCUT2D eigenvalue weighted by Gasteiger charge is -2.41. The fourth-order valence-electron chi connectivity index (χ4n) is 8.34. The summed E-state index contributed by atoms with van der Waals surface area (Å²) in [5.41, 5.74) is -0.813. The second-order valence-corrected chi connectivity index (χ2v) is 20.6. The molecule has 0 spiro atoms. The number of esters is 3. The molecule has 0 aliphatic rings. The van der Waals surface area contributed by atoms with Gasteiger partial charge >= 0.3 is 17.9 Å². The topological polar surface area (TPSA) is 78.9 Å². The van der Waals surface area contributed by atoms with Crippen molar-refractivity contribution < 1.29 is 28.6 Å². The summed E-state index contributed by atoms with van der Waals surface area (Å²) in [4.78, 5) is 39.9. The average molecular weight is 928 g/mol. The van der Waals surface area contributed by atoms with Crippen LogP contribution in [0.5, 0.6) is 0 Å². The molecule has 6 nitrogen and oxygen atoms in total. The summed E-state index contributed by atoms with van der Waals surface area (Å²) < 4.78 is 18.0. The van der Waals surface area contributed by atoms with Crippen molar-refractivity contribution in [1.82, 2.24) is 0 Å². The van der Waals surface area contributed by atoms with Crippen LogP contribution in [-0.4, -0.2) is 30.3 Å². The van der Waals surface area contributed by atoms with Gasteiger partial charge in [-0.3, -0.25) is 14.4 Å². The maximum atomic E-state index is 13.4. The Bertz CT molecular complexity index is 1120. The van der Waals surface area contributed by atoms with E-state index in [1.54, 1.807) is 0 Å². The van der Waals surface area contributed by atoms with Crippen molar-refractivity contribution >= 4 is 17.9 Å². The molecule has 66 heavy (non-hydrogen) atoms. The number of carbonyl (C=O) groups is 3. The molecule has 0 rings (SSSR count). The maximum absolute atomic E-state index is 13.4. The highest BCUT2D eigenvalue weighted by Crippen LogP contribution is 2.37. The summed E-state index contributed by atoms with van der Waals surface area (Å²) in [6.07, 6.45) is 61.1. The first kappa shape index (κ1) is 63.6. The maximum Gasteiger partial charge on any atom is 0.309 e. The van der Waals surface area contributed by atoms with Crippen molar-refractivity contribution in [3.8, 4) is 0 Å². The van der Waals surface area contributed by atoms with E-state index < -0.39 is 23.1 Å². The van der Waals surface area contributed by atoms with E-state index in [1.807, 2.05) is 20.8 Å². The monoisotopic (exact) mass is 927 g/mol. The molecule has 0 aromatic heterocycles. The molecule has 0 aromatic carbocycles. The summed E-state index contributed by atoms with van der Waals surface area (Å²) >= 11 is 0. The zero-order chi connectivity index (χ0) is 48.5. The quantitative estimate of drug-likeness (QED) is 0.0262. The molecule has 0 bridgehead atoms. The number of carbonyl (C=O) groups excluding carboxylic acids is 3. The second kappa shape index (κ2) is 47.7. The Labute approximate surface area is 410 Å². The highest BCUT2D eigenvalue weighted by molar-refractivity contribution is 5.73. The van der Waals surface area contributed by atoms with Gasteiger partial charge in [0.05, 0.1) is 0 Å². The molecule has 0 N–H and O–H groups in total. The van der Waals surface area contributed by atoms with E-state index >= 15 is 0 Å². The fraction of sp³-hybridized carbons (Fsp3) is 0.850. The molecule has 0 atom stereocenters. The molecule has 0 saturated carbocycles. The molecule has 0 unspecified atom stereocenters. The highest BCUT2D eigenvalue weighted by atomic mass is 16.8. The lowest BCUT2D eigenvalue weighted by atomic mass is 9.85. The number of rotatable bonds is 49. The van der Waals surface area contributed by atoms with Crippen molar-refractivity contribution in [3.63, 3.8) is 0 Å². The van der Waals surface area contributed by atoms with E-state index in [4.69, 9.17) is 14.2 Å². The minimum atomic E-state index is -1.69. The van der Waals surface area contributed by atoms with Crippen molar-refractivity contribution in [1.29, 1.82) is 0 Å². The molecule has 386 valence electrons. The Hall–Kier alpha value is -2.37. The Morgan fingerprint density at radius 2 is 0.545 bits per heavy atom. The number of hydrogen-bond donors (Lipinski definition) is 0. The number of allylic oxidation sites excluding steroid dienone is 6. The molecule has 0 heterocycles. The van der Waals surface area contributed by atoms with Gasteiger partial charge in [0.15, 0.2) is 6.61 Å². The minimum absolute atomic E-state index is 0.241. The summed E-state index contributed by atoms with van der Waals surface area (Å²) in [7, 11) is 0. The molecule has 0 aliphatic carbocycles. The second-order valence-electron chi connectivity index (χ2n) is 20.6. The van der Waals surface area contributed by atoms with E-state index in [9.17, 15) is 14.4 Å². The molecular weight excluding hydrogens is 817 g/mol. The van der Waals surface area contributed by atoms with Gasteiger partial charge in [-0.1, -0.05) is 232 Å². The first-order valence-electron chi connectivity index (χ1n) is 28.7. The predicted octanol–water partition coefficient (Wildman–Crippen LogP) is 19.5. The Morgan fingerprint density at radius 1 is 0.318 bits per heavy atom. The lowest BCUT2D eigenvalue weighted by molar-refractivity contribution is -0.280. The predicted molar refractivity (Wildman–Crippen MR) is 284 cm³/mol. The van der Waals surface area contributed by atoms with Gasteiger partial charge in [0, 0.05) is 24.7 Å². The summed E-state index contributed by atoms with van der Waals surface area (Å²) in [5.74, 6) is -2.86. The lowest BCUT2D eigenvalue weighted by Crippen LogP contribution is -2.54. The van der Waals surface area contributed by atoms with E-state index in [2.05, 4.69) is 57.2 Å². The van der Waals surface area contributed by atoms with E-state index in [-0.39, 0.29) is 25.4 Å². The van der Waals surface area contributed by atoms with Crippen LogP contribution in [0.2, 0.25) is 0 Å². The first-order valence-corrected chi connectivity index (χ1v) is 28.7. The molecule has 0 amide bonds. The number of hydrogen-bond acceptors (Lipinski definition) is 6. The van der Waals surface area contributed by atoms with Gasteiger partial charge in [-0.15, -0.1) is 0 Å². The largest absolute Gasteiger partial charge is 0.457 e. The molecule has 0 saturated heterocycles. The minimum Gasteiger partial charge on any atom is -0.457 e. The molecular formula is C60H110O6. The molecule has 6 heteroatoms. The van der Waals surface area contributed by atoms with Crippen LogP contribution in [-0.2, 0) is 28.6 Å². The van der Waals surface area contributed by atoms with Crippen molar-refractivity contribution in [2.24, 2.45) is 5.41 Å². The van der Waals surface area contributed by atoms with E-state index in [0.717, 1.165) is 83.5 Å². The van der Waals surface area contributed by atoms with Crippen molar-refractivity contribution in [3.05, 3.63) is 36.5 Å². The van der Waals surface area contributed by atoms with E-state index in [1.165, 1.54) is 154 Å². The Morgan fingerprint density at radius 3 is 0.803 bits per heavy atom. The third-order valence-corrected chi connectivity index (χ3v) is 13.1. The van der Waals surface area contributed by atoms with Gasteiger partial charge in [0.25, 0.3) is 5.79 Å². The van der Waals surface area contributed by atoms with Crippen LogP contribution in [0.25, 0.3) is 0 Å². The number of ether oxygens (including phenoxy) is 3. The normalized spacial score (nSPS) is 12.3. The average Bonchev–Trinajstić information content (AvgIpc) is 3.29. The van der Waals surface area contributed by atoms with Crippen LogP contribution in [0.1, 0.15) is 311 Å². The van der Waals surface area contributed by atoms with Gasteiger partial charge in [-0.05, 0) is 96.3 Å².